The highest BCUT2D eigenvalue weighted by atomic mass is 79.9. The molecule has 1 aromatic carbocycles. The number of carbonyl (C=O) groups is 2. The van der Waals surface area contributed by atoms with E-state index in [2.05, 4.69) is 15.9 Å². The van der Waals surface area contributed by atoms with Crippen molar-refractivity contribution in [2.24, 2.45) is 0 Å². The molecule has 0 aromatic heterocycles. The number of benzene rings is 1. The van der Waals surface area contributed by atoms with Crippen LogP contribution in [0.3, 0.4) is 0 Å². The average Bonchev–Trinajstić information content (AvgIpc) is 2.40. The van der Waals surface area contributed by atoms with Crippen molar-refractivity contribution in [3.05, 3.63) is 27.7 Å². The summed E-state index contributed by atoms with van der Waals surface area (Å²) in [6.07, 6.45) is 0.786. The molecule has 84 valence electrons. The molecular weight excluding hydrogens is 270 g/mol. The number of amides is 1. The van der Waals surface area contributed by atoms with E-state index in [-0.39, 0.29) is 5.91 Å². The number of nitrogens with zero attached hydrogens (tertiary/aromatic N) is 1. The van der Waals surface area contributed by atoms with Crippen LogP contribution in [0.1, 0.15) is 29.8 Å². The van der Waals surface area contributed by atoms with Crippen LogP contribution in [0, 0.1) is 0 Å². The van der Waals surface area contributed by atoms with E-state index in [0.717, 1.165) is 22.0 Å². The quantitative estimate of drug-likeness (QED) is 0.742. The summed E-state index contributed by atoms with van der Waals surface area (Å²) in [5.41, 5.74) is 1.80. The predicted octanol–water partition coefficient (Wildman–Crippen LogP) is 2.52. The van der Waals surface area contributed by atoms with Gasteiger partial charge in [-0.25, -0.2) is 0 Å². The fourth-order valence-electron chi connectivity index (χ4n) is 2.20. The molecule has 16 heavy (non-hydrogen) atoms. The van der Waals surface area contributed by atoms with Crippen molar-refractivity contribution in [1.82, 2.24) is 0 Å². The second kappa shape index (κ2) is 3.42. The van der Waals surface area contributed by atoms with Crippen molar-refractivity contribution >= 4 is 33.8 Å². The molecule has 0 atom stereocenters. The molecule has 0 radical (unpaired) electrons. The molecule has 3 nitrogen and oxygen atoms in total. The van der Waals surface area contributed by atoms with Crippen molar-refractivity contribution < 1.29 is 9.59 Å². The van der Waals surface area contributed by atoms with Gasteiger partial charge in [-0.05, 0) is 26.0 Å². The fraction of sp³-hybridized carbons (Fsp3) is 0.333. The van der Waals surface area contributed by atoms with Crippen LogP contribution in [0.15, 0.2) is 16.6 Å². The molecule has 0 unspecified atom stereocenters. The third-order valence-electron chi connectivity index (χ3n) is 3.05. The first-order valence-corrected chi connectivity index (χ1v) is 5.76. The highest BCUT2D eigenvalue weighted by molar-refractivity contribution is 9.10. The lowest BCUT2D eigenvalue weighted by molar-refractivity contribution is -0.121. The highest BCUT2D eigenvalue weighted by Crippen LogP contribution is 2.45. The maximum Gasteiger partial charge on any atom is 0.236 e. The number of halogens is 1. The summed E-state index contributed by atoms with van der Waals surface area (Å²) in [5, 5.41) is 0. The van der Waals surface area contributed by atoms with Gasteiger partial charge in [0.2, 0.25) is 5.91 Å². The smallest absolute Gasteiger partial charge is 0.236 e. The number of anilines is 1. The molecule has 2 rings (SSSR count). The Kier molecular flexibility index (Phi) is 2.42. The van der Waals surface area contributed by atoms with Crippen molar-refractivity contribution in [2.45, 2.75) is 19.3 Å². The first kappa shape index (κ1) is 11.3. The van der Waals surface area contributed by atoms with Gasteiger partial charge in [0, 0.05) is 28.3 Å². The third kappa shape index (κ3) is 1.33. The highest BCUT2D eigenvalue weighted by Gasteiger charge is 2.43. The summed E-state index contributed by atoms with van der Waals surface area (Å²) in [6.45, 7) is 3.78. The molecule has 0 bridgehead atoms. The van der Waals surface area contributed by atoms with Gasteiger partial charge in [-0.15, -0.1) is 0 Å². The lowest BCUT2D eigenvalue weighted by Gasteiger charge is -2.17. The van der Waals surface area contributed by atoms with Gasteiger partial charge in [0.15, 0.2) is 0 Å². The number of likely N-dealkylation sites (N-methyl/N-ethyl adjacent to an activating group) is 1. The Balaban J connectivity index is 2.76. The summed E-state index contributed by atoms with van der Waals surface area (Å²) < 4.78 is 0.815. The Hall–Kier alpha value is -1.16. The van der Waals surface area contributed by atoms with Crippen molar-refractivity contribution in [3.8, 4) is 0 Å². The molecule has 1 aliphatic heterocycles. The molecular formula is C12H12BrNO2. The lowest BCUT2D eigenvalue weighted by Crippen LogP contribution is -2.33. The molecule has 0 spiro atoms. The Labute approximate surface area is 103 Å². The molecule has 1 aromatic rings. The summed E-state index contributed by atoms with van der Waals surface area (Å²) in [6, 6.07) is 3.50. The Morgan fingerprint density at radius 1 is 1.38 bits per heavy atom. The Morgan fingerprint density at radius 3 is 2.56 bits per heavy atom. The number of hydrogen-bond acceptors (Lipinski definition) is 2. The van der Waals surface area contributed by atoms with Gasteiger partial charge in [0.25, 0.3) is 0 Å². The van der Waals surface area contributed by atoms with Gasteiger partial charge < -0.3 is 4.90 Å². The fourth-order valence-corrected chi connectivity index (χ4v) is 3.16. The monoisotopic (exact) mass is 281 g/mol. The normalized spacial score (nSPS) is 17.5. The second-order valence-electron chi connectivity index (χ2n) is 4.50. The SMILES string of the molecule is CN1C(=O)C(C)(C)c2c(Br)cc(C=O)cc21. The van der Waals surface area contributed by atoms with E-state index < -0.39 is 5.41 Å². The lowest BCUT2D eigenvalue weighted by atomic mass is 9.86. The average molecular weight is 282 g/mol. The number of hydrogen-bond donors (Lipinski definition) is 0. The largest absolute Gasteiger partial charge is 0.314 e. The van der Waals surface area contributed by atoms with Gasteiger partial charge in [-0.3, -0.25) is 9.59 Å². The van der Waals surface area contributed by atoms with Crippen LogP contribution in [0.25, 0.3) is 0 Å². The summed E-state index contributed by atoms with van der Waals surface area (Å²) >= 11 is 3.43. The number of aldehydes is 1. The van der Waals surface area contributed by atoms with Crippen molar-refractivity contribution in [1.29, 1.82) is 0 Å². The van der Waals surface area contributed by atoms with E-state index in [0.29, 0.717) is 5.56 Å². The molecule has 1 amide bonds. The molecule has 1 heterocycles. The summed E-state index contributed by atoms with van der Waals surface area (Å²) in [4.78, 5) is 24.4. The Bertz CT molecular complexity index is 494. The zero-order valence-electron chi connectivity index (χ0n) is 9.37. The van der Waals surface area contributed by atoms with Gasteiger partial charge in [0.05, 0.1) is 5.41 Å². The topological polar surface area (TPSA) is 37.4 Å². The van der Waals surface area contributed by atoms with E-state index in [1.54, 1.807) is 24.1 Å². The zero-order valence-corrected chi connectivity index (χ0v) is 11.0. The number of rotatable bonds is 1. The van der Waals surface area contributed by atoms with E-state index in [1.165, 1.54) is 0 Å². The number of carbonyl (C=O) groups excluding carboxylic acids is 2. The maximum absolute atomic E-state index is 12.1. The van der Waals surface area contributed by atoms with Crippen LogP contribution < -0.4 is 4.90 Å². The molecule has 4 heteroatoms. The number of fused-ring (bicyclic) bond motifs is 1. The van der Waals surface area contributed by atoms with Crippen LogP contribution in [-0.4, -0.2) is 19.2 Å². The minimum Gasteiger partial charge on any atom is -0.314 e. The van der Waals surface area contributed by atoms with E-state index >= 15 is 0 Å². The predicted molar refractivity (Wildman–Crippen MR) is 66.0 cm³/mol. The maximum atomic E-state index is 12.1. The minimum atomic E-state index is -0.537. The first-order valence-electron chi connectivity index (χ1n) is 4.97. The van der Waals surface area contributed by atoms with E-state index in [1.807, 2.05) is 13.8 Å². The molecule has 0 N–H and O–H groups in total. The third-order valence-corrected chi connectivity index (χ3v) is 3.68. The molecule has 0 fully saturated rings. The molecule has 0 aliphatic carbocycles. The van der Waals surface area contributed by atoms with Gasteiger partial charge in [-0.1, -0.05) is 15.9 Å². The molecule has 1 aliphatic rings. The first-order chi connectivity index (χ1) is 7.39. The van der Waals surface area contributed by atoms with E-state index in [9.17, 15) is 9.59 Å². The van der Waals surface area contributed by atoms with Crippen molar-refractivity contribution in [2.75, 3.05) is 11.9 Å². The summed E-state index contributed by atoms with van der Waals surface area (Å²) in [5.74, 6) is 0.0475. The van der Waals surface area contributed by atoms with Gasteiger partial charge in [-0.2, -0.15) is 0 Å². The van der Waals surface area contributed by atoms with Crippen LogP contribution in [0.5, 0.6) is 0 Å². The Morgan fingerprint density at radius 2 is 2.00 bits per heavy atom. The minimum absolute atomic E-state index is 0.0475. The van der Waals surface area contributed by atoms with Crippen LogP contribution in [0.2, 0.25) is 0 Å². The summed E-state index contributed by atoms with van der Waals surface area (Å²) in [7, 11) is 1.73. The van der Waals surface area contributed by atoms with Crippen LogP contribution in [0.4, 0.5) is 5.69 Å². The van der Waals surface area contributed by atoms with Crippen molar-refractivity contribution in [3.63, 3.8) is 0 Å². The standard InChI is InChI=1S/C12H12BrNO2/c1-12(2)10-8(13)4-7(6-15)5-9(10)14(3)11(12)16/h4-6H,1-3H3. The van der Waals surface area contributed by atoms with E-state index in [4.69, 9.17) is 0 Å². The van der Waals surface area contributed by atoms with Crippen LogP contribution >= 0.6 is 15.9 Å². The van der Waals surface area contributed by atoms with Gasteiger partial charge in [0.1, 0.15) is 6.29 Å². The second-order valence-corrected chi connectivity index (χ2v) is 5.36. The van der Waals surface area contributed by atoms with Gasteiger partial charge >= 0.3 is 0 Å². The van der Waals surface area contributed by atoms with Crippen LogP contribution in [-0.2, 0) is 10.2 Å². The molecule has 0 saturated heterocycles. The molecule has 0 saturated carbocycles. The zero-order chi connectivity index (χ0) is 12.1.